The highest BCUT2D eigenvalue weighted by atomic mass is 32.2. The molecule has 0 radical (unpaired) electrons. The maximum atomic E-state index is 13.3. The molecule has 1 atom stereocenters. The number of aromatic nitrogens is 1. The molecule has 2 aliphatic heterocycles. The van der Waals surface area contributed by atoms with E-state index < -0.39 is 15.8 Å². The number of halogens is 1. The third kappa shape index (κ3) is 4.54. The lowest BCUT2D eigenvalue weighted by molar-refractivity contribution is -0.137. The molecule has 0 aliphatic carbocycles. The van der Waals surface area contributed by atoms with E-state index in [4.69, 9.17) is 4.98 Å². The van der Waals surface area contributed by atoms with Gasteiger partial charge in [-0.05, 0) is 61.7 Å². The molecule has 5 rings (SSSR count). The monoisotopic (exact) mass is 502 g/mol. The van der Waals surface area contributed by atoms with E-state index >= 15 is 0 Å². The standard InChI is InChI=1S/C24H27FN4O3S2/c1-17-4-9-21-22(15-17)33-24(26-21)28-13-11-27(12-14-28)23(30)18-3-2-10-29(16-18)34(31,32)20-7-5-19(25)6-8-20/h4-9,15,18H,2-3,10-14,16H2,1H3. The lowest BCUT2D eigenvalue weighted by Crippen LogP contribution is -2.53. The smallest absolute Gasteiger partial charge is 0.243 e. The molecular weight excluding hydrogens is 475 g/mol. The van der Waals surface area contributed by atoms with Gasteiger partial charge < -0.3 is 9.80 Å². The molecule has 180 valence electrons. The number of benzene rings is 2. The van der Waals surface area contributed by atoms with Crippen molar-refractivity contribution in [2.75, 3.05) is 44.2 Å². The molecule has 0 N–H and O–H groups in total. The first-order valence-electron chi connectivity index (χ1n) is 11.5. The first-order valence-corrected chi connectivity index (χ1v) is 13.7. The number of thiazole rings is 1. The largest absolute Gasteiger partial charge is 0.345 e. The molecule has 0 spiro atoms. The summed E-state index contributed by atoms with van der Waals surface area (Å²) in [5.74, 6) is -0.828. The van der Waals surface area contributed by atoms with Crippen molar-refractivity contribution in [1.82, 2.24) is 14.2 Å². The van der Waals surface area contributed by atoms with Crippen LogP contribution in [0.1, 0.15) is 18.4 Å². The molecule has 1 aromatic heterocycles. The van der Waals surface area contributed by atoms with E-state index in [2.05, 4.69) is 24.0 Å². The summed E-state index contributed by atoms with van der Waals surface area (Å²) < 4.78 is 41.8. The molecule has 0 bridgehead atoms. The second kappa shape index (κ2) is 9.24. The Morgan fingerprint density at radius 3 is 2.53 bits per heavy atom. The fourth-order valence-electron chi connectivity index (χ4n) is 4.65. The minimum atomic E-state index is -3.76. The predicted molar refractivity (Wildman–Crippen MR) is 131 cm³/mol. The highest BCUT2D eigenvalue weighted by molar-refractivity contribution is 7.89. The van der Waals surface area contributed by atoms with Gasteiger partial charge in [-0.1, -0.05) is 17.4 Å². The van der Waals surface area contributed by atoms with Crippen LogP contribution in [-0.2, 0) is 14.8 Å². The van der Waals surface area contributed by atoms with Crippen LogP contribution in [0.5, 0.6) is 0 Å². The van der Waals surface area contributed by atoms with E-state index in [-0.39, 0.29) is 23.3 Å². The van der Waals surface area contributed by atoms with Crippen molar-refractivity contribution in [2.45, 2.75) is 24.7 Å². The lowest BCUT2D eigenvalue weighted by Gasteiger charge is -2.38. The Labute approximate surface area is 202 Å². The van der Waals surface area contributed by atoms with Crippen molar-refractivity contribution in [3.05, 3.63) is 53.8 Å². The number of anilines is 1. The van der Waals surface area contributed by atoms with Crippen molar-refractivity contribution in [1.29, 1.82) is 0 Å². The highest BCUT2D eigenvalue weighted by Gasteiger charge is 2.36. The van der Waals surface area contributed by atoms with Gasteiger partial charge in [0.05, 0.1) is 21.0 Å². The summed E-state index contributed by atoms with van der Waals surface area (Å²) in [4.78, 5) is 22.1. The highest BCUT2D eigenvalue weighted by Crippen LogP contribution is 2.31. The van der Waals surface area contributed by atoms with Gasteiger partial charge in [0.2, 0.25) is 15.9 Å². The molecular formula is C24H27FN4O3S2. The van der Waals surface area contributed by atoms with Crippen LogP contribution in [0.2, 0.25) is 0 Å². The Morgan fingerprint density at radius 2 is 1.79 bits per heavy atom. The number of piperidine rings is 1. The number of hydrogen-bond acceptors (Lipinski definition) is 6. The summed E-state index contributed by atoms with van der Waals surface area (Å²) in [6, 6.07) is 11.1. The van der Waals surface area contributed by atoms with E-state index in [1.807, 2.05) is 11.0 Å². The number of nitrogens with zero attached hydrogens (tertiary/aromatic N) is 4. The van der Waals surface area contributed by atoms with E-state index in [1.54, 1.807) is 11.3 Å². The zero-order valence-corrected chi connectivity index (χ0v) is 20.6. The van der Waals surface area contributed by atoms with Crippen LogP contribution in [0.3, 0.4) is 0 Å². The molecule has 2 saturated heterocycles. The van der Waals surface area contributed by atoms with Gasteiger partial charge in [0.15, 0.2) is 5.13 Å². The van der Waals surface area contributed by atoms with Crippen molar-refractivity contribution >= 4 is 42.6 Å². The Hall–Kier alpha value is -2.56. The SMILES string of the molecule is Cc1ccc2nc(N3CCN(C(=O)C4CCCN(S(=O)(=O)c5ccc(F)cc5)C4)CC3)sc2c1. The zero-order valence-electron chi connectivity index (χ0n) is 19.0. The van der Waals surface area contributed by atoms with Crippen LogP contribution in [0, 0.1) is 18.7 Å². The Bertz CT molecular complexity index is 1300. The van der Waals surface area contributed by atoms with E-state index in [9.17, 15) is 17.6 Å². The number of carbonyl (C=O) groups excluding carboxylic acids is 1. The Balaban J connectivity index is 1.22. The molecule has 0 saturated carbocycles. The molecule has 34 heavy (non-hydrogen) atoms. The minimum Gasteiger partial charge on any atom is -0.345 e. The summed E-state index contributed by atoms with van der Waals surface area (Å²) in [5, 5.41) is 0.974. The molecule has 2 aromatic carbocycles. The van der Waals surface area contributed by atoms with Crippen molar-refractivity contribution in [3.8, 4) is 0 Å². The molecule has 3 aromatic rings. The van der Waals surface area contributed by atoms with Crippen LogP contribution in [0.4, 0.5) is 9.52 Å². The maximum absolute atomic E-state index is 13.3. The van der Waals surface area contributed by atoms with Gasteiger partial charge in [-0.25, -0.2) is 17.8 Å². The molecule has 3 heterocycles. The number of rotatable bonds is 4. The van der Waals surface area contributed by atoms with Crippen LogP contribution < -0.4 is 4.90 Å². The third-order valence-corrected chi connectivity index (χ3v) is 9.54. The lowest BCUT2D eigenvalue weighted by atomic mass is 9.98. The van der Waals surface area contributed by atoms with Gasteiger partial charge in [0, 0.05) is 39.3 Å². The Kier molecular flexibility index (Phi) is 6.30. The fourth-order valence-corrected chi connectivity index (χ4v) is 7.29. The zero-order chi connectivity index (χ0) is 23.9. The van der Waals surface area contributed by atoms with Gasteiger partial charge in [0.1, 0.15) is 5.82 Å². The molecule has 2 fully saturated rings. The van der Waals surface area contributed by atoms with E-state index in [1.165, 1.54) is 22.0 Å². The average Bonchev–Trinajstić information content (AvgIpc) is 3.27. The number of amides is 1. The molecule has 1 unspecified atom stereocenters. The minimum absolute atomic E-state index is 0.0126. The molecule has 2 aliphatic rings. The summed E-state index contributed by atoms with van der Waals surface area (Å²) in [7, 11) is -3.76. The number of sulfonamides is 1. The molecule has 7 nitrogen and oxygen atoms in total. The fraction of sp³-hybridized carbons (Fsp3) is 0.417. The second-order valence-electron chi connectivity index (χ2n) is 8.94. The molecule has 1 amide bonds. The number of piperazine rings is 1. The van der Waals surface area contributed by atoms with Crippen LogP contribution in [0.25, 0.3) is 10.2 Å². The van der Waals surface area contributed by atoms with Crippen LogP contribution >= 0.6 is 11.3 Å². The van der Waals surface area contributed by atoms with Crippen LogP contribution in [0.15, 0.2) is 47.4 Å². The number of aryl methyl sites for hydroxylation is 1. The second-order valence-corrected chi connectivity index (χ2v) is 11.9. The van der Waals surface area contributed by atoms with Crippen molar-refractivity contribution in [2.24, 2.45) is 5.92 Å². The first-order chi connectivity index (χ1) is 16.3. The normalized spacial score (nSPS) is 20.1. The summed E-state index contributed by atoms with van der Waals surface area (Å²) in [6.07, 6.45) is 1.30. The van der Waals surface area contributed by atoms with Gasteiger partial charge >= 0.3 is 0 Å². The van der Waals surface area contributed by atoms with Gasteiger partial charge in [-0.15, -0.1) is 0 Å². The van der Waals surface area contributed by atoms with Crippen molar-refractivity contribution < 1.29 is 17.6 Å². The topological polar surface area (TPSA) is 73.8 Å². The van der Waals surface area contributed by atoms with E-state index in [0.717, 1.165) is 27.5 Å². The van der Waals surface area contributed by atoms with Gasteiger partial charge in [0.25, 0.3) is 0 Å². The van der Waals surface area contributed by atoms with Gasteiger partial charge in [-0.2, -0.15) is 4.31 Å². The maximum Gasteiger partial charge on any atom is 0.243 e. The summed E-state index contributed by atoms with van der Waals surface area (Å²) in [6.45, 7) is 5.19. The van der Waals surface area contributed by atoms with Gasteiger partial charge in [-0.3, -0.25) is 4.79 Å². The third-order valence-electron chi connectivity index (χ3n) is 6.58. The first kappa shape index (κ1) is 23.2. The van der Waals surface area contributed by atoms with E-state index in [0.29, 0.717) is 45.6 Å². The summed E-state index contributed by atoms with van der Waals surface area (Å²) >= 11 is 1.67. The van der Waals surface area contributed by atoms with Crippen molar-refractivity contribution in [3.63, 3.8) is 0 Å². The number of carbonyl (C=O) groups is 1. The predicted octanol–water partition coefficient (Wildman–Crippen LogP) is 3.49. The molecule has 10 heteroatoms. The Morgan fingerprint density at radius 1 is 1.06 bits per heavy atom. The number of hydrogen-bond donors (Lipinski definition) is 0. The summed E-state index contributed by atoms with van der Waals surface area (Å²) in [5.41, 5.74) is 2.20. The number of fused-ring (bicyclic) bond motifs is 1. The average molecular weight is 503 g/mol. The quantitative estimate of drug-likeness (QED) is 0.546. The van der Waals surface area contributed by atoms with Crippen LogP contribution in [-0.4, -0.2) is 67.8 Å².